The summed E-state index contributed by atoms with van der Waals surface area (Å²) >= 11 is 0. The molecule has 1 aliphatic heterocycles. The Kier molecular flexibility index (Phi) is 34.7. The minimum Gasteiger partial charge on any atom is -0.462 e. The number of hydrogen-bond donors (Lipinski definition) is 7. The molecule has 0 aliphatic carbocycles. The zero-order valence-electron chi connectivity index (χ0n) is 42.8. The van der Waals surface area contributed by atoms with Gasteiger partial charge in [-0.3, -0.25) is 23.2 Å². The summed E-state index contributed by atoms with van der Waals surface area (Å²) in [7, 11) is -10.9. The van der Waals surface area contributed by atoms with Gasteiger partial charge in [0.1, 0.15) is 30.7 Å². The molecule has 74 heavy (non-hydrogen) atoms. The zero-order valence-corrected chi connectivity index (χ0v) is 44.6. The van der Waals surface area contributed by atoms with Crippen LogP contribution in [0.15, 0.2) is 114 Å². The smallest absolute Gasteiger partial charge is 0.462 e. The van der Waals surface area contributed by atoms with Crippen molar-refractivity contribution in [2.45, 2.75) is 172 Å². The molecule has 0 radical (unpaired) electrons. The van der Waals surface area contributed by atoms with Gasteiger partial charge in [-0.1, -0.05) is 150 Å². The van der Waals surface area contributed by atoms with Crippen LogP contribution in [-0.4, -0.2) is 108 Å². The number of unbranched alkanes of at least 4 members (excludes halogenated alkanes) is 9. The fourth-order valence-electron chi connectivity index (χ4n) is 6.86. The molecule has 1 aromatic rings. The number of aromatic nitrogens is 2. The summed E-state index contributed by atoms with van der Waals surface area (Å²) in [4.78, 5) is 61.9. The third-order valence-electron chi connectivity index (χ3n) is 10.9. The fraction of sp³-hybridized carbons (Fsp3) is 0.577. The van der Waals surface area contributed by atoms with E-state index in [2.05, 4.69) is 40.5 Å². The molecule has 1 aromatic heterocycles. The van der Waals surface area contributed by atoms with Crippen LogP contribution >= 0.6 is 15.6 Å². The van der Waals surface area contributed by atoms with Crippen molar-refractivity contribution in [3.8, 4) is 0 Å². The molecule has 1 fully saturated rings. The van der Waals surface area contributed by atoms with E-state index in [1.165, 1.54) is 31.7 Å². The van der Waals surface area contributed by atoms with E-state index in [9.17, 15) is 53.7 Å². The maximum Gasteiger partial charge on any atom is 0.481 e. The number of phosphoric acid groups is 2. The Balaban J connectivity index is 1.88. The Bertz CT molecular complexity index is 2160. The van der Waals surface area contributed by atoms with Crippen LogP contribution in [0, 0.1) is 0 Å². The fourth-order valence-corrected chi connectivity index (χ4v) is 8.97. The Morgan fingerprint density at radius 1 is 0.730 bits per heavy atom. The van der Waals surface area contributed by atoms with Crippen LogP contribution in [0.5, 0.6) is 0 Å². The van der Waals surface area contributed by atoms with Gasteiger partial charge >= 0.3 is 33.3 Å². The second-order valence-electron chi connectivity index (χ2n) is 17.4. The number of allylic oxidation sites excluding steroid dienone is 12. The maximum atomic E-state index is 12.9. The number of aliphatic hydroxyl groups excluding tert-OH is 4. The Labute approximate surface area is 435 Å². The number of carbonyl (C=O) groups excluding carboxylic acids is 2. The van der Waals surface area contributed by atoms with Crippen LogP contribution in [0.1, 0.15) is 136 Å². The van der Waals surface area contributed by atoms with Crippen LogP contribution in [0.2, 0.25) is 0 Å². The Morgan fingerprint density at radius 2 is 1.34 bits per heavy atom. The number of hydrogen-bond acceptors (Lipinski definition) is 17. The molecule has 22 heteroatoms. The molecule has 1 aliphatic rings. The first kappa shape index (κ1) is 65.7. The van der Waals surface area contributed by atoms with E-state index in [4.69, 9.17) is 29.0 Å². The number of nitrogens with zero attached hydrogens (tertiary/aromatic N) is 2. The van der Waals surface area contributed by atoms with Crippen molar-refractivity contribution in [1.82, 2.24) is 9.55 Å². The van der Waals surface area contributed by atoms with Crippen molar-refractivity contribution in [2.24, 2.45) is 0 Å². The molecule has 8 N–H and O–H groups in total. The van der Waals surface area contributed by atoms with Gasteiger partial charge in [-0.2, -0.15) is 9.29 Å². The summed E-state index contributed by atoms with van der Waals surface area (Å²) < 4.78 is 56.6. The summed E-state index contributed by atoms with van der Waals surface area (Å²) in [5, 5.41) is 41.0. The van der Waals surface area contributed by atoms with Crippen LogP contribution in [-0.2, 0) is 46.3 Å². The maximum absolute atomic E-state index is 12.9. The summed E-state index contributed by atoms with van der Waals surface area (Å²) in [5.41, 5.74) is 4.56. The summed E-state index contributed by atoms with van der Waals surface area (Å²) in [6, 6.07) is 1.23. The lowest BCUT2D eigenvalue weighted by molar-refractivity contribution is -0.161. The highest BCUT2D eigenvalue weighted by atomic mass is 31.3. The minimum atomic E-state index is -5.48. The SMILES string of the molecule is CC/C=C\C[C@H](O)/C=C/C=C\C=C\[C@H](O)C/C=C\C/C=C\CCC(=O)O[C@H](COC(=O)CCCCCCC/C=C\C=C/CCCCCC)COP(=O)(O)OP(=O)(O)OC[C@H]1O[C@@H](n2ccc(N)nc2=O)[C@H](O)[C@@H]1O. The average molecular weight is 1080 g/mol. The second-order valence-corrected chi connectivity index (χ2v) is 20.4. The number of anilines is 1. The molecule has 0 bridgehead atoms. The van der Waals surface area contributed by atoms with Crippen LogP contribution < -0.4 is 11.4 Å². The van der Waals surface area contributed by atoms with Crippen molar-refractivity contribution in [2.75, 3.05) is 25.6 Å². The van der Waals surface area contributed by atoms with Crippen LogP contribution in [0.3, 0.4) is 0 Å². The van der Waals surface area contributed by atoms with Gasteiger partial charge < -0.3 is 50.2 Å². The van der Waals surface area contributed by atoms with Gasteiger partial charge in [0.25, 0.3) is 0 Å². The third kappa shape index (κ3) is 31.5. The third-order valence-corrected chi connectivity index (χ3v) is 13.5. The van der Waals surface area contributed by atoms with Gasteiger partial charge in [-0.25, -0.2) is 13.9 Å². The number of carbonyl (C=O) groups is 2. The van der Waals surface area contributed by atoms with Gasteiger partial charge in [-0.15, -0.1) is 0 Å². The molecule has 0 aromatic carbocycles. The van der Waals surface area contributed by atoms with Crippen LogP contribution in [0.25, 0.3) is 0 Å². The normalized spacial score (nSPS) is 20.5. The van der Waals surface area contributed by atoms with Crippen molar-refractivity contribution in [3.05, 3.63) is 120 Å². The molecule has 2 unspecified atom stereocenters. The molecule has 9 atom stereocenters. The predicted octanol–water partition coefficient (Wildman–Crippen LogP) is 8.38. The first-order valence-electron chi connectivity index (χ1n) is 25.5. The van der Waals surface area contributed by atoms with Crippen molar-refractivity contribution in [1.29, 1.82) is 0 Å². The topological polar surface area (TPSA) is 306 Å². The number of rotatable bonds is 40. The van der Waals surface area contributed by atoms with Gasteiger partial charge in [0.2, 0.25) is 0 Å². The highest BCUT2D eigenvalue weighted by Gasteiger charge is 2.46. The molecule has 0 spiro atoms. The van der Waals surface area contributed by atoms with E-state index in [0.717, 1.165) is 55.7 Å². The quantitative estimate of drug-likeness (QED) is 0.0107. The van der Waals surface area contributed by atoms with E-state index in [1.54, 1.807) is 48.6 Å². The van der Waals surface area contributed by atoms with E-state index in [0.29, 0.717) is 25.7 Å². The summed E-state index contributed by atoms with van der Waals surface area (Å²) in [6.45, 7) is 1.74. The standard InChI is InChI=1S/C52H81N3O17P2/c1-3-5-7-8-9-10-11-12-13-14-15-16-17-21-29-35-47(58)67-39-44(70-48(59)36-30-22-19-18-20-26-32-43(57)34-28-24-23-27-33-42(56)31-25-6-4-2)40-68-73(63,64)72-74(65,66)69-41-45-49(60)50(61)51(71-45)55-38-37-46(53)54-52(55)62/h6,10-13,19-20,22-28,33-34,37-38,42-45,49-51,56-57,60-61H,3-5,7-9,14-18,21,29-32,35-36,39-41H2,1-2H3,(H,63,64)(H,65,66)(H2,53,54,62)/b11-10-,13-12-,22-19-,24-23-,25-6-,26-20-,33-27+,34-28+/t42-,43+,44+,45+,49+,50+,51+/m0/s1. The summed E-state index contributed by atoms with van der Waals surface area (Å²) in [5.74, 6) is -1.51. The Morgan fingerprint density at radius 3 is 1.99 bits per heavy atom. The average Bonchev–Trinajstić information content (AvgIpc) is 3.63. The van der Waals surface area contributed by atoms with Crippen molar-refractivity contribution in [3.63, 3.8) is 0 Å². The highest BCUT2D eigenvalue weighted by Crippen LogP contribution is 2.60. The van der Waals surface area contributed by atoms with Gasteiger partial charge in [0, 0.05) is 19.0 Å². The number of aliphatic hydroxyl groups is 4. The highest BCUT2D eigenvalue weighted by molar-refractivity contribution is 7.61. The molecule has 0 saturated carbocycles. The molecule has 416 valence electrons. The lowest BCUT2D eigenvalue weighted by Gasteiger charge is -2.21. The second kappa shape index (κ2) is 39.0. The van der Waals surface area contributed by atoms with E-state index >= 15 is 0 Å². The minimum absolute atomic E-state index is 0.0657. The van der Waals surface area contributed by atoms with E-state index in [1.807, 2.05) is 31.2 Å². The first-order chi connectivity index (χ1) is 35.5. The van der Waals surface area contributed by atoms with Crippen molar-refractivity contribution >= 4 is 33.4 Å². The lowest BCUT2D eigenvalue weighted by Crippen LogP contribution is -2.36. The molecule has 2 rings (SSSR count). The number of phosphoric ester groups is 2. The number of nitrogens with two attached hydrogens (primary N) is 1. The van der Waals surface area contributed by atoms with Crippen LogP contribution in [0.4, 0.5) is 5.82 Å². The van der Waals surface area contributed by atoms with Crippen molar-refractivity contribution < 1.29 is 76.5 Å². The number of esters is 2. The molecule has 0 amide bonds. The van der Waals surface area contributed by atoms with Gasteiger partial charge in [0.15, 0.2) is 12.3 Å². The molecule has 2 heterocycles. The van der Waals surface area contributed by atoms with E-state index in [-0.39, 0.29) is 25.1 Å². The molecular formula is C52H81N3O17P2. The Hall–Kier alpha value is -4.40. The zero-order chi connectivity index (χ0) is 54.5. The van der Waals surface area contributed by atoms with Gasteiger partial charge in [0.05, 0.1) is 25.4 Å². The molecular weight excluding hydrogens is 1000 g/mol. The monoisotopic (exact) mass is 1080 g/mol. The lowest BCUT2D eigenvalue weighted by atomic mass is 10.1. The predicted molar refractivity (Wildman–Crippen MR) is 282 cm³/mol. The summed E-state index contributed by atoms with van der Waals surface area (Å²) in [6.07, 6.45) is 35.6. The molecule has 1 saturated heterocycles. The number of ether oxygens (including phenoxy) is 3. The molecule has 20 nitrogen and oxygen atoms in total. The van der Waals surface area contributed by atoms with E-state index < -0.39 is 95.9 Å². The first-order valence-corrected chi connectivity index (χ1v) is 28.5. The largest absolute Gasteiger partial charge is 0.481 e. The number of nitrogen functional groups attached to an aromatic ring is 1. The van der Waals surface area contributed by atoms with Gasteiger partial charge in [-0.05, 0) is 70.3 Å².